The van der Waals surface area contributed by atoms with Gasteiger partial charge in [0.1, 0.15) is 5.75 Å². The summed E-state index contributed by atoms with van der Waals surface area (Å²) in [5.74, 6) is 0.265. The second-order valence-corrected chi connectivity index (χ2v) is 7.01. The van der Waals surface area contributed by atoms with Gasteiger partial charge in [-0.2, -0.15) is 0 Å². The summed E-state index contributed by atoms with van der Waals surface area (Å²) in [6.45, 7) is 0.603. The van der Waals surface area contributed by atoms with E-state index < -0.39 is 30.6 Å². The lowest BCUT2D eigenvalue weighted by molar-refractivity contribution is -0.146. The Morgan fingerprint density at radius 2 is 2.00 bits per heavy atom. The summed E-state index contributed by atoms with van der Waals surface area (Å²) < 4.78 is 15.3. The number of carbonyl (C=O) groups is 2. The molecule has 1 fully saturated rings. The summed E-state index contributed by atoms with van der Waals surface area (Å²) in [6, 6.07) is 6.59. The van der Waals surface area contributed by atoms with E-state index in [1.54, 1.807) is 13.2 Å². The van der Waals surface area contributed by atoms with Crippen LogP contribution in [-0.4, -0.2) is 61.7 Å². The number of aliphatic hydroxyl groups is 2. The third-order valence-electron chi connectivity index (χ3n) is 4.72. The van der Waals surface area contributed by atoms with Crippen molar-refractivity contribution in [1.82, 2.24) is 5.32 Å². The first-order valence-corrected chi connectivity index (χ1v) is 9.52. The van der Waals surface area contributed by atoms with Crippen molar-refractivity contribution in [1.29, 1.82) is 0 Å². The Bertz CT molecular complexity index is 689. The first-order valence-electron chi connectivity index (χ1n) is 9.52. The summed E-state index contributed by atoms with van der Waals surface area (Å²) >= 11 is 0. The van der Waals surface area contributed by atoms with E-state index >= 15 is 0 Å². The standard InChI is InChI=1S/C21H29NO7/c1-27-18-7-3-14(4-8-18)12-29-13-16-9-15(16)5-6-17(24)10-20(25)22-19(11-23)21(26)28-2/h3-8,15-17,19,23-24H,9-13H2,1-2H3,(H,22,25)/b6-5+/t15-,16-,17+,19+/m1/s1. The summed E-state index contributed by atoms with van der Waals surface area (Å²) in [6.07, 6.45) is 3.29. The van der Waals surface area contributed by atoms with Gasteiger partial charge in [-0.3, -0.25) is 4.79 Å². The quantitative estimate of drug-likeness (QED) is 0.347. The van der Waals surface area contributed by atoms with Gasteiger partial charge in [0.2, 0.25) is 5.91 Å². The Morgan fingerprint density at radius 3 is 2.62 bits per heavy atom. The van der Waals surface area contributed by atoms with Crippen molar-refractivity contribution in [3.63, 3.8) is 0 Å². The largest absolute Gasteiger partial charge is 0.497 e. The lowest BCUT2D eigenvalue weighted by atomic mass is 10.2. The Kier molecular flexibility index (Phi) is 9.11. The van der Waals surface area contributed by atoms with Gasteiger partial charge >= 0.3 is 5.97 Å². The van der Waals surface area contributed by atoms with Gasteiger partial charge in [-0.1, -0.05) is 24.3 Å². The van der Waals surface area contributed by atoms with Gasteiger partial charge in [-0.05, 0) is 36.0 Å². The molecule has 0 spiro atoms. The van der Waals surface area contributed by atoms with E-state index in [4.69, 9.17) is 14.6 Å². The number of hydrogen-bond donors (Lipinski definition) is 3. The van der Waals surface area contributed by atoms with Crippen molar-refractivity contribution >= 4 is 11.9 Å². The van der Waals surface area contributed by atoms with Gasteiger partial charge < -0.3 is 29.7 Å². The van der Waals surface area contributed by atoms with Crippen LogP contribution < -0.4 is 10.1 Å². The summed E-state index contributed by atoms with van der Waals surface area (Å²) in [5, 5.41) is 21.4. The number of nitrogens with one attached hydrogen (secondary N) is 1. The number of benzene rings is 1. The highest BCUT2D eigenvalue weighted by Crippen LogP contribution is 2.40. The van der Waals surface area contributed by atoms with Crippen LogP contribution in [-0.2, 0) is 25.7 Å². The van der Waals surface area contributed by atoms with Crippen molar-refractivity contribution in [2.75, 3.05) is 27.4 Å². The van der Waals surface area contributed by atoms with Crippen LogP contribution in [0.25, 0.3) is 0 Å². The number of allylic oxidation sites excluding steroid dienone is 1. The molecule has 8 heteroatoms. The molecule has 0 unspecified atom stereocenters. The van der Waals surface area contributed by atoms with Crippen LogP contribution in [0.4, 0.5) is 0 Å². The molecule has 160 valence electrons. The zero-order valence-electron chi connectivity index (χ0n) is 16.7. The molecule has 1 saturated carbocycles. The minimum Gasteiger partial charge on any atom is -0.497 e. The molecule has 0 bridgehead atoms. The van der Waals surface area contributed by atoms with Crippen LogP contribution in [0, 0.1) is 11.8 Å². The topological polar surface area (TPSA) is 114 Å². The second kappa shape index (κ2) is 11.5. The van der Waals surface area contributed by atoms with E-state index in [-0.39, 0.29) is 6.42 Å². The Balaban J connectivity index is 1.63. The van der Waals surface area contributed by atoms with Crippen molar-refractivity contribution in [3.8, 4) is 5.75 Å². The second-order valence-electron chi connectivity index (χ2n) is 7.01. The summed E-state index contributed by atoms with van der Waals surface area (Å²) in [5.41, 5.74) is 1.08. The molecule has 1 aromatic rings. The van der Waals surface area contributed by atoms with Crippen LogP contribution in [0.3, 0.4) is 0 Å². The average Bonchev–Trinajstić information content (AvgIpc) is 3.48. The molecular weight excluding hydrogens is 378 g/mol. The van der Waals surface area contributed by atoms with Crippen molar-refractivity contribution in [3.05, 3.63) is 42.0 Å². The lowest BCUT2D eigenvalue weighted by Crippen LogP contribution is -2.44. The number of esters is 1. The minimum atomic E-state index is -1.13. The maximum absolute atomic E-state index is 11.8. The number of carbonyl (C=O) groups excluding carboxylic acids is 2. The molecule has 1 amide bonds. The molecule has 8 nitrogen and oxygen atoms in total. The third kappa shape index (κ3) is 7.84. The van der Waals surface area contributed by atoms with Crippen LogP contribution in [0.15, 0.2) is 36.4 Å². The smallest absolute Gasteiger partial charge is 0.330 e. The number of hydrogen-bond acceptors (Lipinski definition) is 7. The maximum atomic E-state index is 11.8. The molecule has 1 aromatic carbocycles. The lowest BCUT2D eigenvalue weighted by Gasteiger charge is -2.14. The van der Waals surface area contributed by atoms with Crippen LogP contribution >= 0.6 is 0 Å². The highest BCUT2D eigenvalue weighted by Gasteiger charge is 2.34. The third-order valence-corrected chi connectivity index (χ3v) is 4.72. The first-order chi connectivity index (χ1) is 14.0. The fourth-order valence-corrected chi connectivity index (χ4v) is 2.85. The average molecular weight is 407 g/mol. The van der Waals surface area contributed by atoms with Crippen molar-refractivity contribution < 1.29 is 34.0 Å². The van der Waals surface area contributed by atoms with Crippen molar-refractivity contribution in [2.24, 2.45) is 11.8 Å². The van der Waals surface area contributed by atoms with Crippen LogP contribution in [0.5, 0.6) is 5.75 Å². The molecule has 0 aromatic heterocycles. The Morgan fingerprint density at radius 1 is 1.28 bits per heavy atom. The molecule has 0 radical (unpaired) electrons. The Labute approximate surface area is 170 Å². The molecule has 2 rings (SSSR count). The fraction of sp³-hybridized carbons (Fsp3) is 0.524. The zero-order valence-corrected chi connectivity index (χ0v) is 16.7. The number of rotatable bonds is 12. The van der Waals surface area contributed by atoms with E-state index in [9.17, 15) is 14.7 Å². The molecule has 1 aliphatic rings. The zero-order chi connectivity index (χ0) is 21.2. The van der Waals surface area contributed by atoms with Crippen LogP contribution in [0.2, 0.25) is 0 Å². The number of ether oxygens (including phenoxy) is 3. The van der Waals surface area contributed by atoms with E-state index in [1.165, 1.54) is 7.11 Å². The van der Waals surface area contributed by atoms with Gasteiger partial charge in [0.25, 0.3) is 0 Å². The molecule has 3 N–H and O–H groups in total. The summed E-state index contributed by atoms with van der Waals surface area (Å²) in [7, 11) is 2.80. The van der Waals surface area contributed by atoms with Gasteiger partial charge in [-0.15, -0.1) is 0 Å². The molecule has 0 aliphatic heterocycles. The minimum absolute atomic E-state index is 0.199. The maximum Gasteiger partial charge on any atom is 0.330 e. The number of methoxy groups -OCH3 is 2. The van der Waals surface area contributed by atoms with E-state index in [2.05, 4.69) is 10.1 Å². The van der Waals surface area contributed by atoms with Gasteiger partial charge in [0.15, 0.2) is 6.04 Å². The normalized spacial score (nSPS) is 20.1. The number of aliphatic hydroxyl groups excluding tert-OH is 2. The number of amides is 1. The molecule has 4 atom stereocenters. The summed E-state index contributed by atoms with van der Waals surface area (Å²) in [4.78, 5) is 23.2. The Hall–Kier alpha value is -2.42. The highest BCUT2D eigenvalue weighted by atomic mass is 16.5. The van der Waals surface area contributed by atoms with Gasteiger partial charge in [0, 0.05) is 0 Å². The SMILES string of the molecule is COC(=O)[C@H](CO)NC(=O)C[C@@H](O)/C=C/[C@@H]1C[C@@H]1COCc1ccc(OC)cc1. The van der Waals surface area contributed by atoms with E-state index in [0.29, 0.717) is 25.0 Å². The van der Waals surface area contributed by atoms with Gasteiger partial charge in [-0.25, -0.2) is 4.79 Å². The van der Waals surface area contributed by atoms with E-state index in [1.807, 2.05) is 30.3 Å². The molecule has 1 aliphatic carbocycles. The highest BCUT2D eigenvalue weighted by molar-refractivity contribution is 5.84. The molecule has 0 saturated heterocycles. The molecular formula is C21H29NO7. The fourth-order valence-electron chi connectivity index (χ4n) is 2.85. The van der Waals surface area contributed by atoms with Crippen molar-refractivity contribution in [2.45, 2.75) is 31.6 Å². The monoisotopic (exact) mass is 407 g/mol. The molecule has 29 heavy (non-hydrogen) atoms. The van der Waals surface area contributed by atoms with Gasteiger partial charge in [0.05, 0.1) is 46.6 Å². The molecule has 0 heterocycles. The van der Waals surface area contributed by atoms with E-state index in [0.717, 1.165) is 17.7 Å². The van der Waals surface area contributed by atoms with Crippen LogP contribution in [0.1, 0.15) is 18.4 Å². The predicted molar refractivity (Wildman–Crippen MR) is 105 cm³/mol. The first kappa shape index (κ1) is 22.9. The predicted octanol–water partition coefficient (Wildman–Crippen LogP) is 0.805.